The van der Waals surface area contributed by atoms with Gasteiger partial charge in [-0.05, 0) is 49.7 Å². The molecular formula is C29H29NO6. The van der Waals surface area contributed by atoms with Crippen LogP contribution in [0.2, 0.25) is 0 Å². The molecule has 0 bridgehead atoms. The number of rotatable bonds is 9. The smallest absolute Gasteiger partial charge is 0.295 e. The Morgan fingerprint density at radius 2 is 1.56 bits per heavy atom. The fourth-order valence-corrected chi connectivity index (χ4v) is 4.40. The van der Waals surface area contributed by atoms with E-state index >= 15 is 0 Å². The third-order valence-corrected chi connectivity index (χ3v) is 5.98. The van der Waals surface area contributed by atoms with Crippen molar-refractivity contribution in [2.75, 3.05) is 20.3 Å². The summed E-state index contributed by atoms with van der Waals surface area (Å²) in [6.45, 7) is 4.79. The maximum atomic E-state index is 13.4. The number of likely N-dealkylation sites (tertiary alicyclic amines) is 1. The molecule has 3 aromatic carbocycles. The molecule has 0 saturated carbocycles. The Labute approximate surface area is 210 Å². The van der Waals surface area contributed by atoms with Gasteiger partial charge in [0.1, 0.15) is 23.0 Å². The van der Waals surface area contributed by atoms with Gasteiger partial charge < -0.3 is 24.2 Å². The number of para-hydroxylation sites is 1. The fourth-order valence-electron chi connectivity index (χ4n) is 4.40. The lowest BCUT2D eigenvalue weighted by Crippen LogP contribution is -2.29. The number of methoxy groups -OCH3 is 1. The highest BCUT2D eigenvalue weighted by Crippen LogP contribution is 2.42. The molecule has 1 N–H and O–H groups in total. The van der Waals surface area contributed by atoms with Gasteiger partial charge in [0.05, 0.1) is 38.5 Å². The summed E-state index contributed by atoms with van der Waals surface area (Å²) in [4.78, 5) is 28.2. The molecule has 0 aromatic heterocycles. The summed E-state index contributed by atoms with van der Waals surface area (Å²) in [7, 11) is 1.56. The first kappa shape index (κ1) is 24.9. The van der Waals surface area contributed by atoms with Crippen molar-refractivity contribution in [1.29, 1.82) is 0 Å². The van der Waals surface area contributed by atoms with Gasteiger partial charge in [0.25, 0.3) is 11.7 Å². The molecule has 36 heavy (non-hydrogen) atoms. The Bertz CT molecular complexity index is 1300. The van der Waals surface area contributed by atoms with Gasteiger partial charge in [0, 0.05) is 11.1 Å². The van der Waals surface area contributed by atoms with E-state index in [1.54, 1.807) is 49.6 Å². The predicted molar refractivity (Wildman–Crippen MR) is 136 cm³/mol. The minimum atomic E-state index is -0.828. The van der Waals surface area contributed by atoms with E-state index in [1.165, 1.54) is 4.90 Å². The summed E-state index contributed by atoms with van der Waals surface area (Å²) in [5, 5.41) is 11.4. The number of ether oxygens (including phenoxy) is 3. The molecule has 7 nitrogen and oxygen atoms in total. The molecule has 1 saturated heterocycles. The van der Waals surface area contributed by atoms with Crippen LogP contribution in [0.3, 0.4) is 0 Å². The average Bonchev–Trinajstić information content (AvgIpc) is 3.14. The van der Waals surface area contributed by atoms with Crippen LogP contribution in [-0.2, 0) is 16.1 Å². The number of hydrogen-bond donors (Lipinski definition) is 1. The van der Waals surface area contributed by atoms with Crippen molar-refractivity contribution in [3.8, 4) is 17.2 Å². The second-order valence-electron chi connectivity index (χ2n) is 8.21. The summed E-state index contributed by atoms with van der Waals surface area (Å²) in [5.74, 6) is 0.0528. The van der Waals surface area contributed by atoms with E-state index < -0.39 is 17.7 Å². The second-order valence-corrected chi connectivity index (χ2v) is 8.21. The van der Waals surface area contributed by atoms with Crippen LogP contribution in [0.25, 0.3) is 5.76 Å². The lowest BCUT2D eigenvalue weighted by Gasteiger charge is -2.26. The van der Waals surface area contributed by atoms with E-state index in [4.69, 9.17) is 14.2 Å². The summed E-state index contributed by atoms with van der Waals surface area (Å²) >= 11 is 0. The summed E-state index contributed by atoms with van der Waals surface area (Å²) in [5.41, 5.74) is 1.79. The molecule has 1 unspecified atom stereocenters. The summed E-state index contributed by atoms with van der Waals surface area (Å²) in [6.07, 6.45) is 0. The van der Waals surface area contributed by atoms with Crippen LogP contribution < -0.4 is 14.2 Å². The van der Waals surface area contributed by atoms with E-state index in [1.807, 2.05) is 44.2 Å². The Morgan fingerprint density at radius 1 is 0.889 bits per heavy atom. The highest BCUT2D eigenvalue weighted by molar-refractivity contribution is 6.46. The van der Waals surface area contributed by atoms with Crippen LogP contribution >= 0.6 is 0 Å². The topological polar surface area (TPSA) is 85.3 Å². The molecule has 0 aliphatic carbocycles. The molecule has 1 heterocycles. The molecule has 1 aliphatic heterocycles. The standard InChI is InChI=1S/C29H29NO6/c1-4-35-22-13-8-11-19(16-22)26-25(27(31)20-12-9-14-23(17-20)36-5-2)28(32)29(33)30(26)18-21-10-6-7-15-24(21)34-3/h6-17,26,31H,4-5,18H2,1-3H3/b27-25-. The van der Waals surface area contributed by atoms with E-state index in [0.29, 0.717) is 41.6 Å². The van der Waals surface area contributed by atoms with Gasteiger partial charge in [-0.1, -0.05) is 42.5 Å². The molecule has 1 aliphatic rings. The molecule has 1 fully saturated rings. The third kappa shape index (κ3) is 4.91. The number of carbonyl (C=O) groups is 2. The monoisotopic (exact) mass is 487 g/mol. The lowest BCUT2D eigenvalue weighted by molar-refractivity contribution is -0.140. The Kier molecular flexibility index (Phi) is 7.59. The molecule has 186 valence electrons. The maximum absolute atomic E-state index is 13.4. The summed E-state index contributed by atoms with van der Waals surface area (Å²) < 4.78 is 16.7. The lowest BCUT2D eigenvalue weighted by atomic mass is 9.95. The van der Waals surface area contributed by atoms with Gasteiger partial charge in [-0.2, -0.15) is 0 Å². The fraction of sp³-hybridized carbons (Fsp3) is 0.241. The first-order valence-electron chi connectivity index (χ1n) is 11.8. The normalized spacial score (nSPS) is 16.8. The number of benzene rings is 3. The highest BCUT2D eigenvalue weighted by atomic mass is 16.5. The number of ketones is 1. The van der Waals surface area contributed by atoms with Crippen molar-refractivity contribution in [3.63, 3.8) is 0 Å². The minimum Gasteiger partial charge on any atom is -0.507 e. The Morgan fingerprint density at radius 3 is 2.25 bits per heavy atom. The molecule has 1 amide bonds. The number of aliphatic hydroxyl groups is 1. The zero-order valence-corrected chi connectivity index (χ0v) is 20.6. The number of nitrogens with zero attached hydrogens (tertiary/aromatic N) is 1. The number of aliphatic hydroxyl groups excluding tert-OH is 1. The Balaban J connectivity index is 1.87. The van der Waals surface area contributed by atoms with Gasteiger partial charge in [-0.25, -0.2) is 0 Å². The molecule has 1 atom stereocenters. The van der Waals surface area contributed by atoms with Crippen LogP contribution in [0.5, 0.6) is 17.2 Å². The van der Waals surface area contributed by atoms with Gasteiger partial charge in [-0.3, -0.25) is 9.59 Å². The van der Waals surface area contributed by atoms with Crippen LogP contribution in [-0.4, -0.2) is 42.0 Å². The SMILES string of the molecule is CCOc1cccc(/C(O)=C2/C(=O)C(=O)N(Cc3ccccc3OC)C2c2cccc(OCC)c2)c1. The molecule has 0 radical (unpaired) electrons. The molecule has 3 aromatic rings. The van der Waals surface area contributed by atoms with Crippen molar-refractivity contribution < 1.29 is 28.9 Å². The number of Topliss-reactive ketones (excluding diaryl/α,β-unsaturated/α-hetero) is 1. The van der Waals surface area contributed by atoms with Gasteiger partial charge in [0.15, 0.2) is 0 Å². The number of amides is 1. The van der Waals surface area contributed by atoms with Crippen molar-refractivity contribution in [2.45, 2.75) is 26.4 Å². The van der Waals surface area contributed by atoms with Gasteiger partial charge >= 0.3 is 0 Å². The van der Waals surface area contributed by atoms with Crippen LogP contribution in [0.4, 0.5) is 0 Å². The number of hydrogen-bond acceptors (Lipinski definition) is 6. The zero-order valence-electron chi connectivity index (χ0n) is 20.6. The maximum Gasteiger partial charge on any atom is 0.295 e. The van der Waals surface area contributed by atoms with E-state index in [0.717, 1.165) is 5.56 Å². The van der Waals surface area contributed by atoms with Gasteiger partial charge in [-0.15, -0.1) is 0 Å². The zero-order chi connectivity index (χ0) is 25.7. The van der Waals surface area contributed by atoms with Crippen molar-refractivity contribution in [2.24, 2.45) is 0 Å². The van der Waals surface area contributed by atoms with E-state index in [2.05, 4.69) is 0 Å². The van der Waals surface area contributed by atoms with Crippen LogP contribution in [0, 0.1) is 0 Å². The van der Waals surface area contributed by atoms with Crippen LogP contribution in [0.15, 0.2) is 78.4 Å². The Hall–Kier alpha value is -4.26. The van der Waals surface area contributed by atoms with Crippen molar-refractivity contribution in [1.82, 2.24) is 4.90 Å². The molecule has 0 spiro atoms. The number of carbonyl (C=O) groups excluding carboxylic acids is 2. The second kappa shape index (κ2) is 11.0. The van der Waals surface area contributed by atoms with E-state index in [9.17, 15) is 14.7 Å². The van der Waals surface area contributed by atoms with Crippen molar-refractivity contribution in [3.05, 3.63) is 95.1 Å². The molecule has 4 rings (SSSR count). The first-order chi connectivity index (χ1) is 17.5. The quantitative estimate of drug-likeness (QED) is 0.256. The summed E-state index contributed by atoms with van der Waals surface area (Å²) in [6, 6.07) is 20.6. The molecule has 7 heteroatoms. The van der Waals surface area contributed by atoms with Crippen molar-refractivity contribution >= 4 is 17.4 Å². The van der Waals surface area contributed by atoms with Gasteiger partial charge in [0.2, 0.25) is 0 Å². The minimum absolute atomic E-state index is 0.0113. The van der Waals surface area contributed by atoms with Crippen LogP contribution in [0.1, 0.15) is 36.6 Å². The van der Waals surface area contributed by atoms with E-state index in [-0.39, 0.29) is 17.9 Å². The first-order valence-corrected chi connectivity index (χ1v) is 11.8. The average molecular weight is 488 g/mol. The predicted octanol–water partition coefficient (Wildman–Crippen LogP) is 5.11. The third-order valence-electron chi connectivity index (χ3n) is 5.98. The largest absolute Gasteiger partial charge is 0.507 e. The highest BCUT2D eigenvalue weighted by Gasteiger charge is 2.46. The molecular weight excluding hydrogens is 458 g/mol.